The molecular weight excluding hydrogens is 324 g/mol. The normalized spacial score (nSPS) is 11.4. The van der Waals surface area contributed by atoms with E-state index in [0.717, 1.165) is 44.5 Å². The Morgan fingerprint density at radius 3 is 2.81 bits per heavy atom. The van der Waals surface area contributed by atoms with Crippen molar-refractivity contribution < 1.29 is 0 Å². The molecule has 3 aromatic heterocycles. The van der Waals surface area contributed by atoms with Crippen LogP contribution in [0.2, 0.25) is 0 Å². The quantitative estimate of drug-likeness (QED) is 0.549. The van der Waals surface area contributed by atoms with Gasteiger partial charge in [-0.3, -0.25) is 0 Å². The van der Waals surface area contributed by atoms with Crippen LogP contribution in [0.3, 0.4) is 0 Å². The molecule has 3 heterocycles. The summed E-state index contributed by atoms with van der Waals surface area (Å²) in [4.78, 5) is 4.57. The molecule has 0 saturated heterocycles. The molecule has 1 N–H and O–H groups in total. The van der Waals surface area contributed by atoms with Crippen LogP contribution in [0.1, 0.15) is 17.1 Å². The summed E-state index contributed by atoms with van der Waals surface area (Å²) in [5.74, 6) is 1.03. The van der Waals surface area contributed by atoms with E-state index in [0.29, 0.717) is 0 Å². The highest BCUT2D eigenvalue weighted by Gasteiger charge is 2.11. The Hall–Kier alpha value is -1.19. The summed E-state index contributed by atoms with van der Waals surface area (Å²) < 4.78 is 4.05. The van der Waals surface area contributed by atoms with Crippen molar-refractivity contribution in [1.82, 2.24) is 25.0 Å². The van der Waals surface area contributed by atoms with E-state index in [1.807, 2.05) is 25.6 Å². The lowest BCUT2D eigenvalue weighted by Crippen LogP contribution is -2.02. The van der Waals surface area contributed by atoms with Crippen LogP contribution in [0.5, 0.6) is 0 Å². The minimum atomic E-state index is 0.914. The summed E-state index contributed by atoms with van der Waals surface area (Å²) in [5, 5.41) is 17.9. The van der Waals surface area contributed by atoms with Gasteiger partial charge in [-0.1, -0.05) is 34.4 Å². The Bertz CT molecular complexity index is 709. The van der Waals surface area contributed by atoms with E-state index in [4.69, 9.17) is 0 Å². The maximum absolute atomic E-state index is 4.57. The number of thiazole rings is 1. The topological polar surface area (TPSA) is 68.5 Å². The summed E-state index contributed by atoms with van der Waals surface area (Å²) in [7, 11) is 1.93. The first-order valence-electron chi connectivity index (χ1n) is 6.60. The third-order valence-electron chi connectivity index (χ3n) is 2.87. The Morgan fingerprint density at radius 1 is 1.24 bits per heavy atom. The van der Waals surface area contributed by atoms with Crippen LogP contribution in [0, 0.1) is 13.8 Å². The van der Waals surface area contributed by atoms with E-state index in [1.165, 1.54) is 4.70 Å². The second-order valence-corrected chi connectivity index (χ2v) is 8.12. The van der Waals surface area contributed by atoms with Gasteiger partial charge in [-0.2, -0.15) is 5.10 Å². The van der Waals surface area contributed by atoms with Crippen molar-refractivity contribution in [3.63, 3.8) is 0 Å². The van der Waals surface area contributed by atoms with Gasteiger partial charge >= 0.3 is 0 Å². The number of hydrogen-bond acceptors (Lipinski definition) is 8. The monoisotopic (exact) mass is 340 g/mol. The average Bonchev–Trinajstić information content (AvgIpc) is 3.10. The van der Waals surface area contributed by atoms with Crippen LogP contribution in [0.15, 0.2) is 4.34 Å². The Labute approximate surface area is 135 Å². The van der Waals surface area contributed by atoms with Gasteiger partial charge in [0.1, 0.15) is 5.01 Å². The lowest BCUT2D eigenvalue weighted by atomic mass is 10.5. The van der Waals surface area contributed by atoms with Crippen LogP contribution < -0.4 is 5.32 Å². The average molecular weight is 341 g/mol. The van der Waals surface area contributed by atoms with Crippen LogP contribution in [0.4, 0.5) is 5.13 Å². The second kappa shape index (κ2) is 6.29. The van der Waals surface area contributed by atoms with Gasteiger partial charge in [0.25, 0.3) is 0 Å². The zero-order valence-electron chi connectivity index (χ0n) is 12.1. The molecule has 0 aliphatic heterocycles. The molecule has 0 spiro atoms. The number of rotatable bonds is 6. The molecule has 0 aliphatic rings. The van der Waals surface area contributed by atoms with Crippen molar-refractivity contribution in [2.75, 3.05) is 17.6 Å². The van der Waals surface area contributed by atoms with Crippen LogP contribution in [0.25, 0.3) is 10.3 Å². The summed E-state index contributed by atoms with van der Waals surface area (Å²) in [6, 6.07) is 0. The van der Waals surface area contributed by atoms with Gasteiger partial charge < -0.3 is 5.32 Å². The molecule has 0 aliphatic carbocycles. The number of nitrogens with zero attached hydrogens (tertiary/aromatic N) is 5. The first-order chi connectivity index (χ1) is 10.1. The fourth-order valence-corrected chi connectivity index (χ4v) is 4.71. The summed E-state index contributed by atoms with van der Waals surface area (Å²) >= 11 is 5.08. The van der Waals surface area contributed by atoms with E-state index < -0.39 is 0 Å². The van der Waals surface area contributed by atoms with Crippen molar-refractivity contribution in [3.05, 3.63) is 10.7 Å². The predicted octanol–water partition coefficient (Wildman–Crippen LogP) is 3.09. The smallest absolute Gasteiger partial charge is 0.185 e. The molecule has 3 rings (SSSR count). The second-order valence-electron chi connectivity index (χ2n) is 4.60. The zero-order chi connectivity index (χ0) is 14.8. The number of hydrogen-bond donors (Lipinski definition) is 1. The highest BCUT2D eigenvalue weighted by atomic mass is 32.2. The molecule has 112 valence electrons. The maximum Gasteiger partial charge on any atom is 0.185 e. The molecule has 0 bridgehead atoms. The van der Waals surface area contributed by atoms with Crippen LogP contribution >= 0.6 is 34.4 Å². The van der Waals surface area contributed by atoms with Gasteiger partial charge in [-0.15, -0.1) is 10.2 Å². The largest absolute Gasteiger partial charge is 0.361 e. The van der Waals surface area contributed by atoms with Crippen molar-refractivity contribution in [2.24, 2.45) is 7.05 Å². The minimum Gasteiger partial charge on any atom is -0.361 e. The minimum absolute atomic E-state index is 0.914. The molecule has 0 unspecified atom stereocenters. The number of aromatic nitrogens is 5. The van der Waals surface area contributed by atoms with Crippen molar-refractivity contribution in [1.29, 1.82) is 0 Å². The Morgan fingerprint density at radius 2 is 2.10 bits per heavy atom. The first-order valence-corrected chi connectivity index (χ1v) is 9.22. The SMILES string of the molecule is Cc1nnc(SCCCNc2nc3c(s2)c(C)nn3C)s1. The van der Waals surface area contributed by atoms with Gasteiger partial charge in [-0.25, -0.2) is 9.67 Å². The van der Waals surface area contributed by atoms with Gasteiger partial charge in [-0.05, 0) is 20.3 Å². The molecule has 0 atom stereocenters. The fraction of sp³-hybridized carbons (Fsp3) is 0.500. The molecule has 0 fully saturated rings. The van der Waals surface area contributed by atoms with Crippen LogP contribution in [-0.4, -0.2) is 37.3 Å². The lowest BCUT2D eigenvalue weighted by molar-refractivity contribution is 0.774. The standard InChI is InChI=1S/C12H16N6S3/c1-7-9-10(18(3)17-7)14-11(21-9)13-5-4-6-19-12-16-15-8(2)20-12/h4-6H2,1-3H3,(H,13,14). The number of fused-ring (bicyclic) bond motifs is 1. The van der Waals surface area contributed by atoms with Gasteiger partial charge in [0, 0.05) is 19.3 Å². The molecule has 0 amide bonds. The molecule has 0 aromatic carbocycles. The number of thioether (sulfide) groups is 1. The van der Waals surface area contributed by atoms with Gasteiger partial charge in [0.2, 0.25) is 0 Å². The van der Waals surface area contributed by atoms with Crippen molar-refractivity contribution in [2.45, 2.75) is 24.6 Å². The van der Waals surface area contributed by atoms with E-state index in [1.54, 1.807) is 34.4 Å². The summed E-state index contributed by atoms with van der Waals surface area (Å²) in [5.41, 5.74) is 2.00. The Balaban J connectivity index is 1.47. The summed E-state index contributed by atoms with van der Waals surface area (Å²) in [6.07, 6.45) is 1.07. The number of anilines is 1. The number of aryl methyl sites for hydroxylation is 3. The lowest BCUT2D eigenvalue weighted by Gasteiger charge is -2.01. The molecule has 9 heteroatoms. The van der Waals surface area contributed by atoms with Crippen molar-refractivity contribution in [3.8, 4) is 0 Å². The Kier molecular flexibility index (Phi) is 4.41. The highest BCUT2D eigenvalue weighted by Crippen LogP contribution is 2.28. The highest BCUT2D eigenvalue weighted by molar-refractivity contribution is 8.01. The molecule has 0 radical (unpaired) electrons. The third kappa shape index (κ3) is 3.35. The molecular formula is C12H16N6S3. The molecule has 21 heavy (non-hydrogen) atoms. The molecule has 0 saturated carbocycles. The molecule has 6 nitrogen and oxygen atoms in total. The van der Waals surface area contributed by atoms with E-state index in [-0.39, 0.29) is 0 Å². The fourth-order valence-electron chi connectivity index (χ4n) is 1.92. The van der Waals surface area contributed by atoms with Crippen molar-refractivity contribution >= 4 is 49.9 Å². The third-order valence-corrected chi connectivity index (χ3v) is 6.04. The van der Waals surface area contributed by atoms with E-state index in [9.17, 15) is 0 Å². The van der Waals surface area contributed by atoms with E-state index >= 15 is 0 Å². The molecule has 3 aromatic rings. The summed E-state index contributed by atoms with van der Waals surface area (Å²) in [6.45, 7) is 4.91. The first kappa shape index (κ1) is 14.7. The van der Waals surface area contributed by atoms with Crippen LogP contribution in [-0.2, 0) is 7.05 Å². The van der Waals surface area contributed by atoms with E-state index in [2.05, 4.69) is 25.6 Å². The van der Waals surface area contributed by atoms with Gasteiger partial charge in [0.15, 0.2) is 15.1 Å². The maximum atomic E-state index is 4.57. The predicted molar refractivity (Wildman–Crippen MR) is 89.6 cm³/mol. The van der Waals surface area contributed by atoms with Gasteiger partial charge in [0.05, 0.1) is 10.4 Å². The zero-order valence-corrected chi connectivity index (χ0v) is 14.5. The number of nitrogens with one attached hydrogen (secondary N) is 1.